The maximum absolute atomic E-state index is 12.7. The molecule has 7 nitrogen and oxygen atoms in total. The van der Waals surface area contributed by atoms with Crippen LogP contribution in [0.15, 0.2) is 47.4 Å². The molecule has 0 aromatic heterocycles. The van der Waals surface area contributed by atoms with Crippen LogP contribution >= 0.6 is 0 Å². The number of carbonyl (C=O) groups is 2. The number of nitrogens with one attached hydrogen (secondary N) is 1. The van der Waals surface area contributed by atoms with Gasteiger partial charge in [-0.25, -0.2) is 8.42 Å². The Hall–Kier alpha value is -2.87. The Morgan fingerprint density at radius 1 is 1.04 bits per heavy atom. The van der Waals surface area contributed by atoms with Gasteiger partial charge in [-0.2, -0.15) is 0 Å². The smallest absolute Gasteiger partial charge is 0.262 e. The van der Waals surface area contributed by atoms with Gasteiger partial charge in [-0.15, -0.1) is 0 Å². The van der Waals surface area contributed by atoms with Crippen molar-refractivity contribution in [1.82, 2.24) is 0 Å². The average molecular weight is 374 g/mol. The minimum Gasteiger partial charge on any atom is -0.495 e. The van der Waals surface area contributed by atoms with Crippen molar-refractivity contribution in [2.24, 2.45) is 0 Å². The van der Waals surface area contributed by atoms with E-state index in [9.17, 15) is 18.0 Å². The van der Waals surface area contributed by atoms with Gasteiger partial charge in [0.15, 0.2) is 0 Å². The SMILES string of the molecule is COc1ccccc1NS(=O)(=O)c1ccc(N2C(=O)CCC2=O)c(C)c1. The molecule has 136 valence electrons. The maximum Gasteiger partial charge on any atom is 0.262 e. The van der Waals surface area contributed by atoms with Crippen molar-refractivity contribution in [2.75, 3.05) is 16.7 Å². The van der Waals surface area contributed by atoms with Gasteiger partial charge in [0.2, 0.25) is 11.8 Å². The zero-order valence-corrected chi connectivity index (χ0v) is 15.2. The van der Waals surface area contributed by atoms with Crippen molar-refractivity contribution in [3.63, 3.8) is 0 Å². The molecule has 0 spiro atoms. The number of methoxy groups -OCH3 is 1. The third-order valence-corrected chi connectivity index (χ3v) is 5.49. The van der Waals surface area contributed by atoms with Gasteiger partial charge >= 0.3 is 0 Å². The first kappa shape index (κ1) is 17.9. The molecule has 0 radical (unpaired) electrons. The van der Waals surface area contributed by atoms with Crippen molar-refractivity contribution >= 4 is 33.2 Å². The number of anilines is 2. The van der Waals surface area contributed by atoms with E-state index in [4.69, 9.17) is 4.74 Å². The Kier molecular flexibility index (Phi) is 4.69. The van der Waals surface area contributed by atoms with Gasteiger partial charge in [0.1, 0.15) is 5.75 Å². The van der Waals surface area contributed by atoms with E-state index in [0.717, 1.165) is 4.90 Å². The largest absolute Gasteiger partial charge is 0.495 e. The molecule has 0 atom stereocenters. The van der Waals surface area contributed by atoms with Gasteiger partial charge in [-0.05, 0) is 42.8 Å². The summed E-state index contributed by atoms with van der Waals surface area (Å²) in [5, 5.41) is 0. The fourth-order valence-electron chi connectivity index (χ4n) is 2.82. The van der Waals surface area contributed by atoms with Crippen LogP contribution in [-0.4, -0.2) is 27.3 Å². The molecule has 2 aromatic rings. The van der Waals surface area contributed by atoms with Crippen LogP contribution in [0.1, 0.15) is 18.4 Å². The second-order valence-corrected chi connectivity index (χ2v) is 7.56. The summed E-state index contributed by atoms with van der Waals surface area (Å²) in [6.45, 7) is 1.66. The lowest BCUT2D eigenvalue weighted by Crippen LogP contribution is -2.29. The Labute approximate surface area is 151 Å². The normalized spacial score (nSPS) is 14.6. The second-order valence-electron chi connectivity index (χ2n) is 5.88. The molecule has 0 unspecified atom stereocenters. The molecule has 1 N–H and O–H groups in total. The number of para-hydroxylation sites is 2. The monoisotopic (exact) mass is 374 g/mol. The van der Waals surface area contributed by atoms with E-state index >= 15 is 0 Å². The van der Waals surface area contributed by atoms with Crippen molar-refractivity contribution < 1.29 is 22.7 Å². The van der Waals surface area contributed by atoms with Gasteiger partial charge in [0, 0.05) is 12.8 Å². The molecule has 1 aliphatic heterocycles. The highest BCUT2D eigenvalue weighted by Gasteiger charge is 2.31. The summed E-state index contributed by atoms with van der Waals surface area (Å²) in [5.41, 5.74) is 1.26. The Morgan fingerprint density at radius 3 is 2.31 bits per heavy atom. The number of nitrogens with zero attached hydrogens (tertiary/aromatic N) is 1. The number of amides is 2. The molecule has 1 aliphatic rings. The third-order valence-electron chi connectivity index (χ3n) is 4.12. The summed E-state index contributed by atoms with van der Waals surface area (Å²) in [7, 11) is -2.40. The number of carbonyl (C=O) groups excluding carboxylic acids is 2. The maximum atomic E-state index is 12.7. The van der Waals surface area contributed by atoms with Crippen LogP contribution in [0.2, 0.25) is 0 Å². The first-order valence-electron chi connectivity index (χ1n) is 7.96. The van der Waals surface area contributed by atoms with E-state index < -0.39 is 10.0 Å². The first-order chi connectivity index (χ1) is 12.3. The lowest BCUT2D eigenvalue weighted by Gasteiger charge is -2.18. The van der Waals surface area contributed by atoms with Crippen LogP contribution in [0.3, 0.4) is 0 Å². The number of sulfonamides is 1. The molecule has 2 amide bonds. The minimum absolute atomic E-state index is 0.0313. The van der Waals surface area contributed by atoms with Gasteiger partial charge in [-0.3, -0.25) is 19.2 Å². The quantitative estimate of drug-likeness (QED) is 0.812. The highest BCUT2D eigenvalue weighted by molar-refractivity contribution is 7.92. The highest BCUT2D eigenvalue weighted by Crippen LogP contribution is 2.30. The minimum atomic E-state index is -3.85. The summed E-state index contributed by atoms with van der Waals surface area (Å²) in [6, 6.07) is 11.0. The number of aryl methyl sites for hydroxylation is 1. The zero-order valence-electron chi connectivity index (χ0n) is 14.4. The van der Waals surface area contributed by atoms with Gasteiger partial charge in [0.05, 0.1) is 23.4 Å². The highest BCUT2D eigenvalue weighted by atomic mass is 32.2. The molecule has 1 saturated heterocycles. The Morgan fingerprint density at radius 2 is 1.69 bits per heavy atom. The van der Waals surface area contributed by atoms with Crippen LogP contribution < -0.4 is 14.4 Å². The number of hydrogen-bond donors (Lipinski definition) is 1. The number of benzene rings is 2. The third kappa shape index (κ3) is 3.28. The van der Waals surface area contributed by atoms with E-state index in [1.165, 1.54) is 25.3 Å². The molecule has 0 aliphatic carbocycles. The summed E-state index contributed by atoms with van der Waals surface area (Å²) < 4.78 is 33.0. The average Bonchev–Trinajstić information content (AvgIpc) is 2.94. The lowest BCUT2D eigenvalue weighted by molar-refractivity contribution is -0.121. The molecule has 0 bridgehead atoms. The van der Waals surface area contributed by atoms with E-state index in [0.29, 0.717) is 22.7 Å². The number of rotatable bonds is 5. The molecule has 2 aromatic carbocycles. The van der Waals surface area contributed by atoms with Gasteiger partial charge in [-0.1, -0.05) is 12.1 Å². The summed E-state index contributed by atoms with van der Waals surface area (Å²) >= 11 is 0. The lowest BCUT2D eigenvalue weighted by atomic mass is 10.2. The summed E-state index contributed by atoms with van der Waals surface area (Å²) in [6.07, 6.45) is 0.349. The van der Waals surface area contributed by atoms with Crippen LogP contribution in [-0.2, 0) is 19.6 Å². The van der Waals surface area contributed by atoms with Gasteiger partial charge in [0.25, 0.3) is 10.0 Å². The summed E-state index contributed by atoms with van der Waals surface area (Å²) in [5.74, 6) is -0.153. The predicted octanol–water partition coefficient (Wildman–Crippen LogP) is 2.46. The summed E-state index contributed by atoms with van der Waals surface area (Å²) in [4.78, 5) is 24.9. The van der Waals surface area contributed by atoms with Crippen LogP contribution in [0.4, 0.5) is 11.4 Å². The van der Waals surface area contributed by atoms with E-state index in [1.807, 2.05) is 0 Å². The second kappa shape index (κ2) is 6.80. The van der Waals surface area contributed by atoms with Crippen molar-refractivity contribution in [3.8, 4) is 5.75 Å². The molecule has 1 fully saturated rings. The fourth-order valence-corrected chi connectivity index (χ4v) is 3.98. The van der Waals surface area contributed by atoms with Crippen molar-refractivity contribution in [2.45, 2.75) is 24.7 Å². The molecule has 3 rings (SSSR count). The predicted molar refractivity (Wildman–Crippen MR) is 96.7 cm³/mol. The Bertz CT molecular complexity index is 969. The number of hydrogen-bond acceptors (Lipinski definition) is 5. The van der Waals surface area contributed by atoms with Crippen LogP contribution in [0.25, 0.3) is 0 Å². The van der Waals surface area contributed by atoms with Crippen molar-refractivity contribution in [1.29, 1.82) is 0 Å². The standard InChI is InChI=1S/C18H18N2O5S/c1-12-11-13(7-8-15(12)20-17(21)9-10-18(20)22)26(23,24)19-14-5-3-4-6-16(14)25-2/h3-8,11,19H,9-10H2,1-2H3. The van der Waals surface area contributed by atoms with E-state index in [1.54, 1.807) is 31.2 Å². The number of ether oxygens (including phenoxy) is 1. The fraction of sp³-hybridized carbons (Fsp3) is 0.222. The molecule has 8 heteroatoms. The first-order valence-corrected chi connectivity index (χ1v) is 9.44. The van der Waals surface area contributed by atoms with E-state index in [-0.39, 0.29) is 29.6 Å². The van der Waals surface area contributed by atoms with E-state index in [2.05, 4.69) is 4.72 Å². The molecule has 26 heavy (non-hydrogen) atoms. The Balaban J connectivity index is 1.93. The van der Waals surface area contributed by atoms with Gasteiger partial charge < -0.3 is 4.74 Å². The van der Waals surface area contributed by atoms with Crippen molar-refractivity contribution in [3.05, 3.63) is 48.0 Å². The molecular weight excluding hydrogens is 356 g/mol. The molecule has 1 heterocycles. The topological polar surface area (TPSA) is 92.8 Å². The zero-order chi connectivity index (χ0) is 18.9. The molecule has 0 saturated carbocycles. The number of imide groups is 1. The molecular formula is C18H18N2O5S. The van der Waals surface area contributed by atoms with Crippen LogP contribution in [0.5, 0.6) is 5.75 Å². The van der Waals surface area contributed by atoms with Crippen LogP contribution in [0, 0.1) is 6.92 Å².